The maximum Gasteiger partial charge on any atom is 0.222 e. The van der Waals surface area contributed by atoms with Crippen LogP contribution in [0.2, 0.25) is 0 Å². The molecule has 23 heavy (non-hydrogen) atoms. The third-order valence-electron chi connectivity index (χ3n) is 3.74. The fourth-order valence-electron chi connectivity index (χ4n) is 2.64. The van der Waals surface area contributed by atoms with E-state index in [1.165, 1.54) is 0 Å². The van der Waals surface area contributed by atoms with Crippen molar-refractivity contribution < 1.29 is 5.11 Å². The fourth-order valence-corrected chi connectivity index (χ4v) is 2.94. The number of hydrogen-bond acceptors (Lipinski definition) is 3. The van der Waals surface area contributed by atoms with E-state index in [2.05, 4.69) is 9.98 Å². The molecule has 2 N–H and O–H groups in total. The summed E-state index contributed by atoms with van der Waals surface area (Å²) in [5, 5.41) is 12.4. The van der Waals surface area contributed by atoms with E-state index in [0.717, 1.165) is 21.8 Å². The first-order valence-corrected chi connectivity index (χ1v) is 7.59. The summed E-state index contributed by atoms with van der Waals surface area (Å²) in [7, 11) is 0. The second kappa shape index (κ2) is 5.37. The summed E-state index contributed by atoms with van der Waals surface area (Å²) in [5.41, 5.74) is 2.47. The summed E-state index contributed by atoms with van der Waals surface area (Å²) < 4.78 is 2.07. The van der Waals surface area contributed by atoms with Crippen molar-refractivity contribution in [3.63, 3.8) is 0 Å². The van der Waals surface area contributed by atoms with Gasteiger partial charge in [0.1, 0.15) is 5.69 Å². The second-order valence-electron chi connectivity index (χ2n) is 5.25. The van der Waals surface area contributed by atoms with Crippen molar-refractivity contribution in [3.8, 4) is 11.6 Å². The van der Waals surface area contributed by atoms with Crippen LogP contribution in [0.15, 0.2) is 59.7 Å². The van der Waals surface area contributed by atoms with Crippen molar-refractivity contribution in [2.45, 2.75) is 0 Å². The van der Waals surface area contributed by atoms with E-state index < -0.39 is 0 Å². The normalized spacial score (nSPS) is 13.1. The van der Waals surface area contributed by atoms with Gasteiger partial charge in [-0.3, -0.25) is 9.56 Å². The van der Waals surface area contributed by atoms with E-state index in [0.29, 0.717) is 10.5 Å². The van der Waals surface area contributed by atoms with Crippen molar-refractivity contribution in [3.05, 3.63) is 81.3 Å². The van der Waals surface area contributed by atoms with E-state index in [-0.39, 0.29) is 5.88 Å². The highest BCUT2D eigenvalue weighted by atomic mass is 32.1. The van der Waals surface area contributed by atoms with Crippen molar-refractivity contribution in [2.75, 3.05) is 0 Å². The summed E-state index contributed by atoms with van der Waals surface area (Å²) in [4.78, 5) is 7.31. The van der Waals surface area contributed by atoms with Crippen LogP contribution in [0, 0.1) is 4.77 Å². The van der Waals surface area contributed by atoms with Crippen LogP contribution in [0.1, 0.15) is 11.3 Å². The molecule has 5 heteroatoms. The van der Waals surface area contributed by atoms with E-state index >= 15 is 0 Å². The van der Waals surface area contributed by atoms with Gasteiger partial charge in [-0.25, -0.2) is 0 Å². The zero-order valence-electron chi connectivity index (χ0n) is 12.1. The first-order chi connectivity index (χ1) is 11.2. The molecular weight excluding hydrogens is 306 g/mol. The number of hydrogen-bond donors (Lipinski definition) is 2. The number of para-hydroxylation sites is 1. The summed E-state index contributed by atoms with van der Waals surface area (Å²) in [6, 6.07) is 15.5. The van der Waals surface area contributed by atoms with Gasteiger partial charge in [-0.1, -0.05) is 24.3 Å². The number of H-pyrrole nitrogens is 1. The lowest BCUT2D eigenvalue weighted by Gasteiger charge is -2.03. The van der Waals surface area contributed by atoms with Gasteiger partial charge in [-0.15, -0.1) is 0 Å². The van der Waals surface area contributed by atoms with Crippen molar-refractivity contribution in [1.29, 1.82) is 0 Å². The third kappa shape index (κ3) is 2.41. The number of imidazole rings is 1. The standard InChI is InChI=1S/C18H13N3OS/c22-17-16(11-12-6-7-15-13(10-12)8-9-19-15)20-18(23)21(17)14-4-2-1-3-5-14/h1-11,22H,(H,20,23)/b12-11-. The minimum Gasteiger partial charge on any atom is -0.493 e. The van der Waals surface area contributed by atoms with E-state index in [1.807, 2.05) is 60.7 Å². The Kier molecular flexibility index (Phi) is 3.20. The van der Waals surface area contributed by atoms with Gasteiger partial charge < -0.3 is 10.1 Å². The molecule has 112 valence electrons. The van der Waals surface area contributed by atoms with Gasteiger partial charge in [0.25, 0.3) is 0 Å². The van der Waals surface area contributed by atoms with Crippen LogP contribution in [0.4, 0.5) is 0 Å². The molecule has 1 aliphatic rings. The Morgan fingerprint density at radius 3 is 2.78 bits per heavy atom. The van der Waals surface area contributed by atoms with Crippen molar-refractivity contribution in [1.82, 2.24) is 9.55 Å². The van der Waals surface area contributed by atoms with Gasteiger partial charge in [-0.05, 0) is 53.9 Å². The van der Waals surface area contributed by atoms with Crippen LogP contribution < -0.4 is 10.6 Å². The minimum atomic E-state index is 0.0990. The van der Waals surface area contributed by atoms with E-state index in [9.17, 15) is 5.11 Å². The first-order valence-electron chi connectivity index (χ1n) is 7.18. The Balaban J connectivity index is 1.86. The van der Waals surface area contributed by atoms with Crippen LogP contribution in [0.5, 0.6) is 5.88 Å². The maximum atomic E-state index is 10.5. The zero-order valence-corrected chi connectivity index (χ0v) is 12.9. The Morgan fingerprint density at radius 2 is 1.96 bits per heavy atom. The first kappa shape index (κ1) is 13.7. The van der Waals surface area contributed by atoms with Crippen molar-refractivity contribution in [2.24, 2.45) is 4.99 Å². The molecule has 2 aromatic carbocycles. The van der Waals surface area contributed by atoms with E-state index in [1.54, 1.807) is 10.8 Å². The topological polar surface area (TPSA) is 53.3 Å². The largest absolute Gasteiger partial charge is 0.493 e. The van der Waals surface area contributed by atoms with E-state index in [4.69, 9.17) is 12.2 Å². The highest BCUT2D eigenvalue weighted by Gasteiger charge is 2.10. The lowest BCUT2D eigenvalue weighted by molar-refractivity contribution is 0.440. The van der Waals surface area contributed by atoms with Gasteiger partial charge >= 0.3 is 0 Å². The monoisotopic (exact) mass is 319 g/mol. The molecule has 0 aliphatic carbocycles. The number of aromatic amines is 1. The summed E-state index contributed by atoms with van der Waals surface area (Å²) in [6.45, 7) is 0. The molecule has 0 radical (unpaired) electrons. The summed E-state index contributed by atoms with van der Waals surface area (Å²) in [5.74, 6) is 0.0990. The number of rotatable bonds is 2. The Labute approximate surface area is 137 Å². The highest BCUT2D eigenvalue weighted by molar-refractivity contribution is 7.71. The number of nitrogens with one attached hydrogen (secondary N) is 1. The van der Waals surface area contributed by atoms with Gasteiger partial charge in [0.2, 0.25) is 5.88 Å². The number of aromatic nitrogens is 2. The molecule has 4 nitrogen and oxygen atoms in total. The smallest absolute Gasteiger partial charge is 0.222 e. The van der Waals surface area contributed by atoms with Gasteiger partial charge in [-0.2, -0.15) is 0 Å². The molecule has 0 saturated carbocycles. The fraction of sp³-hybridized carbons (Fsp3) is 0. The molecule has 3 aromatic rings. The molecule has 0 fully saturated rings. The quantitative estimate of drug-likeness (QED) is 0.714. The molecule has 0 saturated heterocycles. The van der Waals surface area contributed by atoms with Crippen molar-refractivity contribution >= 4 is 24.4 Å². The Morgan fingerprint density at radius 1 is 1.13 bits per heavy atom. The molecule has 0 bridgehead atoms. The molecule has 0 amide bonds. The molecule has 1 aliphatic heterocycles. The molecule has 0 unspecified atom stereocenters. The number of fused-ring (bicyclic) bond motifs is 1. The average molecular weight is 319 g/mol. The van der Waals surface area contributed by atoms with Crippen LogP contribution in [0.3, 0.4) is 0 Å². The minimum absolute atomic E-state index is 0.0990. The van der Waals surface area contributed by atoms with Crippen LogP contribution >= 0.6 is 12.2 Å². The Hall–Kier alpha value is -2.92. The maximum absolute atomic E-state index is 10.5. The molecule has 0 atom stereocenters. The predicted octanol–water partition coefficient (Wildman–Crippen LogP) is 2.67. The third-order valence-corrected chi connectivity index (χ3v) is 4.03. The molecule has 1 aromatic heterocycles. The van der Waals surface area contributed by atoms with Gasteiger partial charge in [0.15, 0.2) is 4.77 Å². The number of aromatic hydroxyl groups is 1. The molecule has 2 heterocycles. The average Bonchev–Trinajstić information content (AvgIpc) is 3.13. The summed E-state index contributed by atoms with van der Waals surface area (Å²) in [6.07, 6.45) is 5.62. The van der Waals surface area contributed by atoms with Gasteiger partial charge in [0, 0.05) is 11.8 Å². The lowest BCUT2D eigenvalue weighted by atomic mass is 10.1. The second-order valence-corrected chi connectivity index (χ2v) is 5.63. The number of nitrogens with zero attached hydrogens (tertiary/aromatic N) is 2. The summed E-state index contributed by atoms with van der Waals surface area (Å²) >= 11 is 5.34. The van der Waals surface area contributed by atoms with Crippen LogP contribution in [-0.2, 0) is 0 Å². The van der Waals surface area contributed by atoms with Crippen LogP contribution in [-0.4, -0.2) is 14.7 Å². The lowest BCUT2D eigenvalue weighted by Crippen LogP contribution is -2.10. The predicted molar refractivity (Wildman–Crippen MR) is 92.4 cm³/mol. The van der Waals surface area contributed by atoms with Crippen LogP contribution in [0.25, 0.3) is 17.8 Å². The molecular formula is C18H13N3OS. The SMILES string of the molecule is Oc1c(/C=c2/ccc3c(c2)C=CN=3)[nH]c(=S)n1-c1ccccc1. The Bertz CT molecular complexity index is 1090. The van der Waals surface area contributed by atoms with Gasteiger partial charge in [0.05, 0.1) is 11.0 Å². The zero-order chi connectivity index (χ0) is 15.8. The highest BCUT2D eigenvalue weighted by Crippen LogP contribution is 2.22. The molecule has 4 rings (SSSR count). The number of benzene rings is 2. The molecule has 0 spiro atoms.